The molecule has 0 saturated heterocycles. The molecule has 1 aromatic carbocycles. The van der Waals surface area contributed by atoms with Crippen molar-refractivity contribution in [3.63, 3.8) is 0 Å². The van der Waals surface area contributed by atoms with Gasteiger partial charge in [0.05, 0.1) is 6.42 Å². The largest absolute Gasteiger partial charge is 0.461 e. The van der Waals surface area contributed by atoms with Crippen molar-refractivity contribution in [3.05, 3.63) is 47.5 Å². The molecule has 1 aliphatic rings. The molecule has 0 bridgehead atoms. The van der Waals surface area contributed by atoms with Crippen LogP contribution in [0.1, 0.15) is 47.2 Å². The van der Waals surface area contributed by atoms with E-state index in [2.05, 4.69) is 12.6 Å². The van der Waals surface area contributed by atoms with Gasteiger partial charge in [-0.1, -0.05) is 24.8 Å². The van der Waals surface area contributed by atoms with E-state index < -0.39 is 0 Å². The van der Waals surface area contributed by atoms with E-state index in [4.69, 9.17) is 4.74 Å². The number of fused-ring (bicyclic) bond motifs is 1. The smallest absolute Gasteiger partial charge is 0.306 e. The van der Waals surface area contributed by atoms with Crippen LogP contribution in [0.2, 0.25) is 0 Å². The molecule has 0 unspecified atom stereocenters. The molecule has 1 aliphatic carbocycles. The molecule has 20 heavy (non-hydrogen) atoms. The van der Waals surface area contributed by atoms with Crippen LogP contribution < -0.4 is 0 Å². The van der Waals surface area contributed by atoms with Crippen LogP contribution in [0.15, 0.2) is 30.9 Å². The molecule has 106 valence electrons. The van der Waals surface area contributed by atoms with E-state index in [-0.39, 0.29) is 31.2 Å². The summed E-state index contributed by atoms with van der Waals surface area (Å²) in [6.07, 6.45) is 6.44. The zero-order chi connectivity index (χ0) is 14.4. The lowest BCUT2D eigenvalue weighted by molar-refractivity contribution is -0.142. The van der Waals surface area contributed by atoms with Crippen molar-refractivity contribution >= 4 is 11.8 Å². The van der Waals surface area contributed by atoms with E-state index in [0.29, 0.717) is 5.56 Å². The molecular weight excluding hydrogens is 252 g/mol. The Morgan fingerprint density at radius 2 is 1.90 bits per heavy atom. The Balaban J connectivity index is 1.92. The number of carbonyl (C=O) groups is 2. The van der Waals surface area contributed by atoms with Crippen LogP contribution in [0.3, 0.4) is 0 Å². The summed E-state index contributed by atoms with van der Waals surface area (Å²) in [7, 11) is 0. The van der Waals surface area contributed by atoms with Gasteiger partial charge in [0.15, 0.2) is 5.78 Å². The lowest BCUT2D eigenvalue weighted by Crippen LogP contribution is -2.09. The summed E-state index contributed by atoms with van der Waals surface area (Å²) in [4.78, 5) is 23.4. The van der Waals surface area contributed by atoms with Gasteiger partial charge in [-0.2, -0.15) is 0 Å². The van der Waals surface area contributed by atoms with Crippen LogP contribution >= 0.6 is 0 Å². The van der Waals surface area contributed by atoms with Gasteiger partial charge in [0.1, 0.15) is 6.61 Å². The summed E-state index contributed by atoms with van der Waals surface area (Å²) in [5, 5.41) is 0. The third-order valence-electron chi connectivity index (χ3n) is 3.59. The van der Waals surface area contributed by atoms with Crippen molar-refractivity contribution in [3.8, 4) is 0 Å². The van der Waals surface area contributed by atoms with Gasteiger partial charge < -0.3 is 4.74 Å². The molecule has 0 saturated carbocycles. The predicted octanol–water partition coefficient (Wildman–Crippen LogP) is 3.26. The van der Waals surface area contributed by atoms with Gasteiger partial charge in [0.25, 0.3) is 0 Å². The van der Waals surface area contributed by atoms with Gasteiger partial charge in [-0.3, -0.25) is 9.59 Å². The monoisotopic (exact) mass is 272 g/mol. The molecule has 0 atom stereocenters. The van der Waals surface area contributed by atoms with E-state index in [9.17, 15) is 9.59 Å². The molecule has 0 heterocycles. The van der Waals surface area contributed by atoms with E-state index >= 15 is 0 Å². The maximum absolute atomic E-state index is 12.1. The van der Waals surface area contributed by atoms with Crippen molar-refractivity contribution in [2.24, 2.45) is 0 Å². The molecule has 0 spiro atoms. The third-order valence-corrected chi connectivity index (χ3v) is 3.59. The van der Waals surface area contributed by atoms with Gasteiger partial charge in [0, 0.05) is 12.0 Å². The third kappa shape index (κ3) is 3.80. The normalized spacial score (nSPS) is 13.4. The Labute approximate surface area is 119 Å². The standard InChI is InChI=1S/C17H20O3/c1-2-11-20-17(19)10-9-16(18)15-8-7-13-5-3-4-6-14(13)12-15/h2,7-8,12H,1,3-6,9-11H2. The fourth-order valence-corrected chi connectivity index (χ4v) is 2.49. The highest BCUT2D eigenvalue weighted by Crippen LogP contribution is 2.22. The number of ketones is 1. The van der Waals surface area contributed by atoms with E-state index in [1.165, 1.54) is 30.0 Å². The highest BCUT2D eigenvalue weighted by atomic mass is 16.5. The first-order valence-corrected chi connectivity index (χ1v) is 7.12. The molecule has 0 aromatic heterocycles. The molecular formula is C17H20O3. The van der Waals surface area contributed by atoms with E-state index in [1.54, 1.807) is 0 Å². The van der Waals surface area contributed by atoms with Gasteiger partial charge >= 0.3 is 5.97 Å². The molecule has 0 amide bonds. The fourth-order valence-electron chi connectivity index (χ4n) is 2.49. The van der Waals surface area contributed by atoms with Crippen molar-refractivity contribution in [1.29, 1.82) is 0 Å². The Hall–Kier alpha value is -1.90. The number of rotatable bonds is 6. The number of ether oxygens (including phenoxy) is 1. The Kier molecular flexibility index (Phi) is 5.10. The highest BCUT2D eigenvalue weighted by molar-refractivity contribution is 5.97. The second-order valence-corrected chi connectivity index (χ2v) is 5.09. The molecule has 0 fully saturated rings. The van der Waals surface area contributed by atoms with Gasteiger partial charge in [0.2, 0.25) is 0 Å². The number of aryl methyl sites for hydroxylation is 2. The minimum atomic E-state index is -0.351. The van der Waals surface area contributed by atoms with Crippen molar-refractivity contribution in [2.75, 3.05) is 6.61 Å². The number of Topliss-reactive ketones (excluding diaryl/α,β-unsaturated/α-hetero) is 1. The number of hydrogen-bond donors (Lipinski definition) is 0. The van der Waals surface area contributed by atoms with Crippen LogP contribution in [0.4, 0.5) is 0 Å². The van der Waals surface area contributed by atoms with Crippen molar-refractivity contribution in [1.82, 2.24) is 0 Å². The molecule has 0 aliphatic heterocycles. The zero-order valence-corrected chi connectivity index (χ0v) is 11.7. The average molecular weight is 272 g/mol. The van der Waals surface area contributed by atoms with Gasteiger partial charge in [-0.25, -0.2) is 0 Å². The summed E-state index contributed by atoms with van der Waals surface area (Å²) in [5.41, 5.74) is 3.36. The lowest BCUT2D eigenvalue weighted by atomic mass is 9.89. The van der Waals surface area contributed by atoms with Gasteiger partial charge in [-0.15, -0.1) is 0 Å². The molecule has 3 nitrogen and oxygen atoms in total. The SMILES string of the molecule is C=CCOC(=O)CCC(=O)c1ccc2c(c1)CCCC2. The summed E-state index contributed by atoms with van der Waals surface area (Å²) < 4.78 is 4.86. The minimum Gasteiger partial charge on any atom is -0.461 e. The topological polar surface area (TPSA) is 43.4 Å². The zero-order valence-electron chi connectivity index (χ0n) is 11.7. The van der Waals surface area contributed by atoms with Crippen LogP contribution in [0.5, 0.6) is 0 Å². The number of hydrogen-bond acceptors (Lipinski definition) is 3. The van der Waals surface area contributed by atoms with Crippen LogP contribution in [-0.4, -0.2) is 18.4 Å². The van der Waals surface area contributed by atoms with Crippen LogP contribution in [-0.2, 0) is 22.4 Å². The van der Waals surface area contributed by atoms with Crippen LogP contribution in [0.25, 0.3) is 0 Å². The summed E-state index contributed by atoms with van der Waals surface area (Å²) >= 11 is 0. The number of esters is 1. The number of carbonyl (C=O) groups excluding carboxylic acids is 2. The number of benzene rings is 1. The summed E-state index contributed by atoms with van der Waals surface area (Å²) in [5.74, 6) is -0.342. The lowest BCUT2D eigenvalue weighted by Gasteiger charge is -2.16. The first-order valence-electron chi connectivity index (χ1n) is 7.12. The molecule has 2 rings (SSSR count). The quantitative estimate of drug-likeness (QED) is 0.453. The second-order valence-electron chi connectivity index (χ2n) is 5.09. The Morgan fingerprint density at radius 1 is 1.15 bits per heavy atom. The molecule has 0 N–H and O–H groups in total. The summed E-state index contributed by atoms with van der Waals surface area (Å²) in [6, 6.07) is 5.92. The predicted molar refractivity (Wildman–Crippen MR) is 77.8 cm³/mol. The second kappa shape index (κ2) is 7.04. The van der Waals surface area contributed by atoms with Crippen molar-refractivity contribution < 1.29 is 14.3 Å². The van der Waals surface area contributed by atoms with E-state index in [0.717, 1.165) is 12.8 Å². The first kappa shape index (κ1) is 14.5. The maximum Gasteiger partial charge on any atom is 0.306 e. The molecule has 3 heteroatoms. The van der Waals surface area contributed by atoms with Gasteiger partial charge in [-0.05, 0) is 42.9 Å². The first-order chi connectivity index (χ1) is 9.70. The van der Waals surface area contributed by atoms with Crippen molar-refractivity contribution in [2.45, 2.75) is 38.5 Å². The highest BCUT2D eigenvalue weighted by Gasteiger charge is 2.14. The Bertz CT molecular complexity index is 517. The maximum atomic E-state index is 12.1. The molecule has 1 aromatic rings. The fraction of sp³-hybridized carbons (Fsp3) is 0.412. The van der Waals surface area contributed by atoms with Crippen LogP contribution in [0, 0.1) is 0 Å². The van der Waals surface area contributed by atoms with E-state index in [1.807, 2.05) is 12.1 Å². The summed E-state index contributed by atoms with van der Waals surface area (Å²) in [6.45, 7) is 3.67. The minimum absolute atomic E-state index is 0.00827. The average Bonchev–Trinajstić information content (AvgIpc) is 2.50. The molecule has 0 radical (unpaired) electrons. The Morgan fingerprint density at radius 3 is 2.65 bits per heavy atom.